The second-order valence-electron chi connectivity index (χ2n) is 8.42. The number of hydrogen-bond acceptors (Lipinski definition) is 6. The Morgan fingerprint density at radius 3 is 2.85 bits per heavy atom. The number of rotatable bonds is 7. The normalized spacial score (nSPS) is 15.9. The zero-order valence-electron chi connectivity index (χ0n) is 18.8. The van der Waals surface area contributed by atoms with Gasteiger partial charge in [0.2, 0.25) is 5.91 Å². The van der Waals surface area contributed by atoms with Crippen LogP contribution in [0.5, 0.6) is 5.75 Å². The summed E-state index contributed by atoms with van der Waals surface area (Å²) in [6.45, 7) is 4.76. The van der Waals surface area contributed by atoms with Crippen molar-refractivity contribution in [2.45, 2.75) is 18.5 Å². The monoisotopic (exact) mass is 461 g/mol. The third-order valence-corrected chi connectivity index (χ3v) is 7.13. The number of aryl methyl sites for hydroxylation is 1. The highest BCUT2D eigenvalue weighted by Crippen LogP contribution is 2.28. The molecular formula is C25H27N5O2S. The third kappa shape index (κ3) is 4.48. The van der Waals surface area contributed by atoms with Crippen LogP contribution in [0, 0.1) is 12.8 Å². The lowest BCUT2D eigenvalue weighted by molar-refractivity contribution is -0.118. The SMILES string of the molecule is COc1ccc2c(C)cc3nnc(SCC(=O)NCC4CCN(c5ccccc5)C4)n3c2c1. The minimum absolute atomic E-state index is 0.0175. The topological polar surface area (TPSA) is 71.8 Å². The molecule has 1 aliphatic heterocycles. The summed E-state index contributed by atoms with van der Waals surface area (Å²) in [4.78, 5) is 15.0. The summed E-state index contributed by atoms with van der Waals surface area (Å²) < 4.78 is 7.41. The van der Waals surface area contributed by atoms with Gasteiger partial charge in [-0.25, -0.2) is 0 Å². The molecule has 1 fully saturated rings. The molecule has 1 saturated heterocycles. The summed E-state index contributed by atoms with van der Waals surface area (Å²) in [7, 11) is 1.66. The van der Waals surface area contributed by atoms with Crippen LogP contribution < -0.4 is 15.0 Å². The van der Waals surface area contributed by atoms with E-state index < -0.39 is 0 Å². The van der Waals surface area contributed by atoms with E-state index in [9.17, 15) is 4.79 Å². The molecule has 7 nitrogen and oxygen atoms in total. The number of hydrogen-bond donors (Lipinski definition) is 1. The maximum atomic E-state index is 12.6. The number of fused-ring (bicyclic) bond motifs is 3. The first-order chi connectivity index (χ1) is 16.1. The molecule has 0 spiro atoms. The summed E-state index contributed by atoms with van der Waals surface area (Å²) in [5.74, 6) is 1.56. The molecule has 0 saturated carbocycles. The van der Waals surface area contributed by atoms with E-state index >= 15 is 0 Å². The number of aromatic nitrogens is 3. The molecule has 170 valence electrons. The number of amides is 1. The van der Waals surface area contributed by atoms with Crippen LogP contribution in [0.15, 0.2) is 59.8 Å². The van der Waals surface area contributed by atoms with E-state index in [0.29, 0.717) is 23.4 Å². The van der Waals surface area contributed by atoms with Crippen molar-refractivity contribution in [2.24, 2.45) is 5.92 Å². The average Bonchev–Trinajstić information content (AvgIpc) is 3.49. The number of carbonyl (C=O) groups is 1. The number of pyridine rings is 1. The van der Waals surface area contributed by atoms with Crippen LogP contribution >= 0.6 is 11.8 Å². The predicted molar refractivity (Wildman–Crippen MR) is 132 cm³/mol. The van der Waals surface area contributed by atoms with E-state index in [1.54, 1.807) is 7.11 Å². The molecule has 4 aromatic rings. The molecule has 0 aliphatic carbocycles. The van der Waals surface area contributed by atoms with Crippen LogP contribution in [-0.4, -0.2) is 53.0 Å². The number of thioether (sulfide) groups is 1. The van der Waals surface area contributed by atoms with Crippen LogP contribution in [0.4, 0.5) is 5.69 Å². The fraction of sp³-hybridized carbons (Fsp3) is 0.320. The molecule has 0 bridgehead atoms. The number of nitrogens with one attached hydrogen (secondary N) is 1. The fourth-order valence-corrected chi connectivity index (χ4v) is 5.22. The molecule has 2 aromatic heterocycles. The van der Waals surface area contributed by atoms with Crippen LogP contribution in [-0.2, 0) is 4.79 Å². The van der Waals surface area contributed by atoms with Crippen LogP contribution in [0.3, 0.4) is 0 Å². The smallest absolute Gasteiger partial charge is 0.230 e. The van der Waals surface area contributed by atoms with Crippen LogP contribution in [0.2, 0.25) is 0 Å². The van der Waals surface area contributed by atoms with E-state index in [-0.39, 0.29) is 5.91 Å². The molecule has 8 heteroatoms. The highest BCUT2D eigenvalue weighted by atomic mass is 32.2. The number of carbonyl (C=O) groups excluding carboxylic acids is 1. The quantitative estimate of drug-likeness (QED) is 0.421. The first-order valence-corrected chi connectivity index (χ1v) is 12.1. The van der Waals surface area contributed by atoms with Gasteiger partial charge in [0.15, 0.2) is 10.8 Å². The molecular weight excluding hydrogens is 434 g/mol. The highest BCUT2D eigenvalue weighted by molar-refractivity contribution is 7.99. The molecule has 3 heterocycles. The van der Waals surface area contributed by atoms with Gasteiger partial charge in [-0.1, -0.05) is 30.0 Å². The predicted octanol–water partition coefficient (Wildman–Crippen LogP) is 3.93. The number of methoxy groups -OCH3 is 1. The zero-order chi connectivity index (χ0) is 22.8. The van der Waals surface area contributed by atoms with Gasteiger partial charge in [-0.15, -0.1) is 10.2 Å². The Hall–Kier alpha value is -3.26. The van der Waals surface area contributed by atoms with Crippen molar-refractivity contribution in [1.29, 1.82) is 0 Å². The van der Waals surface area contributed by atoms with Crippen molar-refractivity contribution in [1.82, 2.24) is 19.9 Å². The maximum Gasteiger partial charge on any atom is 0.230 e. The van der Waals surface area contributed by atoms with Crippen molar-refractivity contribution in [3.8, 4) is 5.75 Å². The molecule has 5 rings (SSSR count). The molecule has 1 unspecified atom stereocenters. The average molecular weight is 462 g/mol. The molecule has 1 aliphatic rings. The van der Waals surface area contributed by atoms with Gasteiger partial charge in [-0.05, 0) is 55.2 Å². The van der Waals surface area contributed by atoms with Crippen molar-refractivity contribution >= 4 is 39.9 Å². The largest absolute Gasteiger partial charge is 0.497 e. The van der Waals surface area contributed by atoms with Gasteiger partial charge in [0.1, 0.15) is 5.75 Å². The van der Waals surface area contributed by atoms with Gasteiger partial charge < -0.3 is 15.0 Å². The van der Waals surface area contributed by atoms with Gasteiger partial charge in [0.05, 0.1) is 18.4 Å². The van der Waals surface area contributed by atoms with Crippen LogP contribution in [0.1, 0.15) is 12.0 Å². The van der Waals surface area contributed by atoms with E-state index in [0.717, 1.165) is 47.4 Å². The Morgan fingerprint density at radius 1 is 1.18 bits per heavy atom. The van der Waals surface area contributed by atoms with E-state index in [1.807, 2.05) is 34.7 Å². The number of ether oxygens (including phenoxy) is 1. The first kappa shape index (κ1) is 21.6. The molecule has 33 heavy (non-hydrogen) atoms. The first-order valence-electron chi connectivity index (χ1n) is 11.1. The molecule has 1 N–H and O–H groups in total. The van der Waals surface area contributed by atoms with E-state index in [1.165, 1.54) is 17.4 Å². The van der Waals surface area contributed by atoms with Crippen molar-refractivity contribution in [3.05, 3.63) is 60.2 Å². The number of anilines is 1. The van der Waals surface area contributed by atoms with Gasteiger partial charge in [0.25, 0.3) is 0 Å². The van der Waals surface area contributed by atoms with Crippen molar-refractivity contribution in [2.75, 3.05) is 37.4 Å². The summed E-state index contributed by atoms with van der Waals surface area (Å²) in [6, 6.07) is 18.5. The van der Waals surface area contributed by atoms with Gasteiger partial charge in [-0.2, -0.15) is 0 Å². The van der Waals surface area contributed by atoms with Gasteiger partial charge in [-0.3, -0.25) is 9.20 Å². The number of para-hydroxylation sites is 1. The Labute approximate surface area is 197 Å². The zero-order valence-corrected chi connectivity index (χ0v) is 19.6. The summed E-state index contributed by atoms with van der Waals surface area (Å²) in [6.07, 6.45) is 1.09. The minimum Gasteiger partial charge on any atom is -0.497 e. The Bertz CT molecular complexity index is 1290. The van der Waals surface area contributed by atoms with E-state index in [2.05, 4.69) is 51.6 Å². The molecule has 1 amide bonds. The van der Waals surface area contributed by atoms with Crippen molar-refractivity contribution in [3.63, 3.8) is 0 Å². The fourth-order valence-electron chi connectivity index (χ4n) is 4.43. The molecule has 0 radical (unpaired) electrons. The van der Waals surface area contributed by atoms with Crippen molar-refractivity contribution < 1.29 is 9.53 Å². The highest BCUT2D eigenvalue weighted by Gasteiger charge is 2.23. The number of nitrogens with zero attached hydrogens (tertiary/aromatic N) is 4. The lowest BCUT2D eigenvalue weighted by Crippen LogP contribution is -2.32. The number of benzene rings is 2. The van der Waals surface area contributed by atoms with Crippen LogP contribution in [0.25, 0.3) is 16.6 Å². The Morgan fingerprint density at radius 2 is 2.03 bits per heavy atom. The molecule has 2 aromatic carbocycles. The third-order valence-electron chi connectivity index (χ3n) is 6.20. The lowest BCUT2D eigenvalue weighted by atomic mass is 10.1. The molecule has 1 atom stereocenters. The standard InChI is InChI=1S/C25H27N5O2S/c1-17-12-23-27-28-25(30(23)22-13-20(32-2)8-9-21(17)22)33-16-24(31)26-14-18-10-11-29(15-18)19-6-4-3-5-7-19/h3-9,12-13,18H,10-11,14-16H2,1-2H3,(H,26,31). The summed E-state index contributed by atoms with van der Waals surface area (Å²) in [5, 5.41) is 13.6. The Balaban J connectivity index is 1.22. The summed E-state index contributed by atoms with van der Waals surface area (Å²) >= 11 is 1.40. The maximum absolute atomic E-state index is 12.6. The Kier molecular flexibility index (Phi) is 6.09. The second-order valence-corrected chi connectivity index (χ2v) is 9.36. The van der Waals surface area contributed by atoms with E-state index in [4.69, 9.17) is 4.74 Å². The summed E-state index contributed by atoms with van der Waals surface area (Å²) in [5.41, 5.74) is 4.12. The van der Waals surface area contributed by atoms with Gasteiger partial charge >= 0.3 is 0 Å². The minimum atomic E-state index is 0.0175. The van der Waals surface area contributed by atoms with Gasteiger partial charge in [0, 0.05) is 36.8 Å². The lowest BCUT2D eigenvalue weighted by Gasteiger charge is -2.18. The second kappa shape index (κ2) is 9.31.